The van der Waals surface area contributed by atoms with Crippen molar-refractivity contribution in [2.24, 2.45) is 0 Å². The molecule has 37 heavy (non-hydrogen) atoms. The SMILES string of the molecule is Cc1ccc(-c2ccc(-c3c(F)cc4[nH]c(O[C@@H]5CO[C@H]6[C@@H]5OC[C@H]6O)nc4c3F)cc2)cc1.O=S=O. The summed E-state index contributed by atoms with van der Waals surface area (Å²) in [6.45, 7) is 2.39. The Balaban J connectivity index is 0.000000892. The highest BCUT2D eigenvalue weighted by atomic mass is 32.1. The Kier molecular flexibility index (Phi) is 7.11. The van der Waals surface area contributed by atoms with Crippen LogP contribution in [0.3, 0.4) is 0 Å². The summed E-state index contributed by atoms with van der Waals surface area (Å²) in [6.07, 6.45) is -2.12. The summed E-state index contributed by atoms with van der Waals surface area (Å²) in [6, 6.07) is 16.4. The highest BCUT2D eigenvalue weighted by Gasteiger charge is 2.48. The molecule has 0 radical (unpaired) electrons. The van der Waals surface area contributed by atoms with E-state index in [0.717, 1.165) is 16.7 Å². The van der Waals surface area contributed by atoms with Gasteiger partial charge in [0.1, 0.15) is 29.6 Å². The molecule has 2 saturated heterocycles. The Bertz CT molecular complexity index is 1450. The summed E-state index contributed by atoms with van der Waals surface area (Å²) in [5, 5.41) is 9.88. The van der Waals surface area contributed by atoms with Crippen molar-refractivity contribution in [3.05, 3.63) is 71.8 Å². The molecule has 2 N–H and O–H groups in total. The molecule has 4 atom stereocenters. The number of aryl methyl sites for hydroxylation is 1. The molecule has 0 bridgehead atoms. The van der Waals surface area contributed by atoms with Gasteiger partial charge in [-0.25, -0.2) is 8.78 Å². The van der Waals surface area contributed by atoms with Crippen LogP contribution >= 0.6 is 0 Å². The topological polar surface area (TPSA) is 111 Å². The first-order chi connectivity index (χ1) is 17.9. The lowest BCUT2D eigenvalue weighted by Gasteiger charge is -2.15. The average molecular weight is 529 g/mol. The molecule has 3 heterocycles. The van der Waals surface area contributed by atoms with Gasteiger partial charge in [0.25, 0.3) is 6.01 Å². The monoisotopic (exact) mass is 528 g/mol. The molecule has 0 amide bonds. The van der Waals surface area contributed by atoms with Gasteiger partial charge in [0.05, 0.1) is 24.3 Å². The van der Waals surface area contributed by atoms with E-state index in [0.29, 0.717) is 5.56 Å². The van der Waals surface area contributed by atoms with E-state index >= 15 is 4.39 Å². The number of H-pyrrole nitrogens is 1. The molecule has 0 spiro atoms. The van der Waals surface area contributed by atoms with Crippen molar-refractivity contribution in [3.63, 3.8) is 0 Å². The standard InChI is InChI=1S/C26H22F2N2O4.O2S/c1-13-2-4-14(5-3-13)15-6-8-16(9-7-15)21-17(27)10-18-23(22(21)28)30-26(29-18)34-20-12-33-24-19(31)11-32-25(20)24;1-3-2/h2-10,19-20,24-25,31H,11-12H2,1H3,(H,29,30);/t19-,20-,24-,25-;/m1./s1. The Labute approximate surface area is 213 Å². The van der Waals surface area contributed by atoms with Crippen molar-refractivity contribution >= 4 is 22.6 Å². The Hall–Kier alpha value is -3.51. The molecule has 4 aromatic rings. The van der Waals surface area contributed by atoms with E-state index in [4.69, 9.17) is 22.6 Å². The van der Waals surface area contributed by atoms with Gasteiger partial charge in [-0.2, -0.15) is 13.4 Å². The largest absolute Gasteiger partial charge is 0.456 e. The smallest absolute Gasteiger partial charge is 0.335 e. The van der Waals surface area contributed by atoms with E-state index in [-0.39, 0.29) is 35.8 Å². The van der Waals surface area contributed by atoms with Crippen molar-refractivity contribution in [1.82, 2.24) is 9.97 Å². The second-order valence-electron chi connectivity index (χ2n) is 8.82. The van der Waals surface area contributed by atoms with Crippen LogP contribution in [-0.2, 0) is 21.0 Å². The summed E-state index contributed by atoms with van der Waals surface area (Å²) in [7, 11) is 0. The van der Waals surface area contributed by atoms with E-state index in [9.17, 15) is 9.50 Å². The first kappa shape index (κ1) is 25.2. The quantitative estimate of drug-likeness (QED) is 0.415. The number of hydrogen-bond acceptors (Lipinski definition) is 7. The second kappa shape index (κ2) is 10.5. The predicted octanol–water partition coefficient (Wildman–Crippen LogP) is 3.72. The summed E-state index contributed by atoms with van der Waals surface area (Å²) in [5.41, 5.74) is 3.58. The van der Waals surface area contributed by atoms with Crippen LogP contribution in [0, 0.1) is 18.6 Å². The Morgan fingerprint density at radius 3 is 2.24 bits per heavy atom. The highest BCUT2D eigenvalue weighted by Crippen LogP contribution is 2.34. The van der Waals surface area contributed by atoms with Crippen molar-refractivity contribution in [2.75, 3.05) is 13.2 Å². The van der Waals surface area contributed by atoms with E-state index in [2.05, 4.69) is 9.97 Å². The highest BCUT2D eigenvalue weighted by molar-refractivity contribution is 7.51. The van der Waals surface area contributed by atoms with Crippen molar-refractivity contribution in [2.45, 2.75) is 31.3 Å². The fourth-order valence-corrected chi connectivity index (χ4v) is 4.64. The van der Waals surface area contributed by atoms with Gasteiger partial charge in [0, 0.05) is 6.07 Å². The molecule has 2 aliphatic rings. The average Bonchev–Trinajstić information content (AvgIpc) is 3.58. The molecule has 11 heteroatoms. The number of halogens is 2. The molecule has 2 aliphatic heterocycles. The van der Waals surface area contributed by atoms with Crippen LogP contribution in [0.2, 0.25) is 0 Å². The molecule has 1 aromatic heterocycles. The number of benzene rings is 3. The van der Waals surface area contributed by atoms with Gasteiger partial charge in [-0.3, -0.25) is 0 Å². The molecular formula is C26H22F2N2O6S. The van der Waals surface area contributed by atoms with Crippen molar-refractivity contribution in [3.8, 4) is 28.3 Å². The molecule has 0 aliphatic carbocycles. The number of hydrogen-bond donors (Lipinski definition) is 2. The molecular weight excluding hydrogens is 506 g/mol. The number of ether oxygens (including phenoxy) is 3. The lowest BCUT2D eigenvalue weighted by atomic mass is 9.99. The number of fused-ring (bicyclic) bond motifs is 2. The number of nitrogens with one attached hydrogen (secondary N) is 1. The van der Waals surface area contributed by atoms with Crippen LogP contribution in [0.15, 0.2) is 54.6 Å². The van der Waals surface area contributed by atoms with Gasteiger partial charge in [-0.05, 0) is 23.6 Å². The predicted molar refractivity (Wildman–Crippen MR) is 130 cm³/mol. The zero-order chi connectivity index (χ0) is 26.1. The zero-order valence-electron chi connectivity index (χ0n) is 19.5. The zero-order valence-corrected chi connectivity index (χ0v) is 20.3. The Morgan fingerprint density at radius 2 is 1.57 bits per heavy atom. The molecule has 0 saturated carbocycles. The third kappa shape index (κ3) is 4.90. The van der Waals surface area contributed by atoms with E-state index in [1.807, 2.05) is 43.3 Å². The molecule has 6 rings (SSSR count). The summed E-state index contributed by atoms with van der Waals surface area (Å²) in [5.74, 6) is -1.47. The molecule has 192 valence electrons. The van der Waals surface area contributed by atoms with Gasteiger partial charge in [0.15, 0.2) is 11.9 Å². The fraction of sp³-hybridized carbons (Fsp3) is 0.269. The van der Waals surface area contributed by atoms with Crippen LogP contribution in [0.4, 0.5) is 8.78 Å². The summed E-state index contributed by atoms with van der Waals surface area (Å²) >= 11 is -0.750. The number of aliphatic hydroxyl groups excluding tert-OH is 1. The third-order valence-electron chi connectivity index (χ3n) is 6.45. The van der Waals surface area contributed by atoms with Gasteiger partial charge in [-0.1, -0.05) is 54.1 Å². The number of nitrogens with zero attached hydrogens (tertiary/aromatic N) is 1. The van der Waals surface area contributed by atoms with Crippen molar-refractivity contribution in [1.29, 1.82) is 0 Å². The maximum Gasteiger partial charge on any atom is 0.335 e. The van der Waals surface area contributed by atoms with Crippen molar-refractivity contribution < 1.29 is 36.5 Å². The molecule has 2 fully saturated rings. The lowest BCUT2D eigenvalue weighted by Crippen LogP contribution is -2.34. The van der Waals surface area contributed by atoms with Crippen LogP contribution < -0.4 is 4.74 Å². The first-order valence-electron chi connectivity index (χ1n) is 11.4. The molecule has 3 aromatic carbocycles. The minimum atomic E-state index is -0.766. The molecule has 0 unspecified atom stereocenters. The fourth-order valence-electron chi connectivity index (χ4n) is 4.64. The minimum absolute atomic E-state index is 0.0168. The first-order valence-corrected chi connectivity index (χ1v) is 12.1. The maximum atomic E-state index is 15.4. The number of aromatic nitrogens is 2. The summed E-state index contributed by atoms with van der Waals surface area (Å²) in [4.78, 5) is 7.04. The number of aliphatic hydroxyl groups is 1. The third-order valence-corrected chi connectivity index (χ3v) is 6.45. The number of aromatic amines is 1. The van der Waals surface area contributed by atoms with Gasteiger partial charge in [0.2, 0.25) is 0 Å². The van der Waals surface area contributed by atoms with E-state index in [1.54, 1.807) is 12.1 Å². The number of imidazole rings is 1. The van der Waals surface area contributed by atoms with Crippen LogP contribution in [0.25, 0.3) is 33.3 Å². The Morgan fingerprint density at radius 1 is 0.973 bits per heavy atom. The van der Waals surface area contributed by atoms with Crippen LogP contribution in [-0.4, -0.2) is 61.1 Å². The second-order valence-corrected chi connectivity index (χ2v) is 8.95. The number of rotatable bonds is 4. The van der Waals surface area contributed by atoms with Gasteiger partial charge >= 0.3 is 11.6 Å². The van der Waals surface area contributed by atoms with Crippen LogP contribution in [0.1, 0.15) is 5.56 Å². The molecule has 8 nitrogen and oxygen atoms in total. The minimum Gasteiger partial charge on any atom is -0.456 e. The van der Waals surface area contributed by atoms with E-state index in [1.165, 1.54) is 6.07 Å². The van der Waals surface area contributed by atoms with E-state index < -0.39 is 47.6 Å². The van der Waals surface area contributed by atoms with Gasteiger partial charge < -0.3 is 24.3 Å². The lowest BCUT2D eigenvalue weighted by molar-refractivity contribution is 0.00706. The maximum absolute atomic E-state index is 15.4. The van der Waals surface area contributed by atoms with Crippen LogP contribution in [0.5, 0.6) is 6.01 Å². The normalized spacial score (nSPS) is 22.4. The van der Waals surface area contributed by atoms with Gasteiger partial charge in [-0.15, -0.1) is 0 Å². The summed E-state index contributed by atoms with van der Waals surface area (Å²) < 4.78 is 63.9.